The molecule has 6 nitrogen and oxygen atoms in total. The number of unbranched alkanes of at least 4 members (excludes halogenated alkanes) is 2. The minimum absolute atomic E-state index is 0.215. The standard InChI is InChI=1S/C13H26N2O4S/c1-12-7-6-10-15(11-12)20(17,18)14-9-5-3-4-8-13(16)19-2/h12,14H,3-11H2,1-2H3. The number of carbonyl (C=O) groups excluding carboxylic acids is 1. The Bertz CT molecular complexity index is 397. The molecule has 1 unspecified atom stereocenters. The molecule has 1 fully saturated rings. The summed E-state index contributed by atoms with van der Waals surface area (Å²) in [5.41, 5.74) is 0. The van der Waals surface area contributed by atoms with E-state index < -0.39 is 10.2 Å². The van der Waals surface area contributed by atoms with E-state index in [9.17, 15) is 13.2 Å². The molecule has 0 aromatic carbocycles. The highest BCUT2D eigenvalue weighted by molar-refractivity contribution is 7.87. The van der Waals surface area contributed by atoms with Crippen LogP contribution in [0, 0.1) is 5.92 Å². The molecule has 20 heavy (non-hydrogen) atoms. The van der Waals surface area contributed by atoms with Crippen molar-refractivity contribution in [3.63, 3.8) is 0 Å². The van der Waals surface area contributed by atoms with Gasteiger partial charge in [0.25, 0.3) is 10.2 Å². The van der Waals surface area contributed by atoms with Gasteiger partial charge < -0.3 is 4.74 Å². The van der Waals surface area contributed by atoms with Crippen LogP contribution in [0.25, 0.3) is 0 Å². The number of esters is 1. The van der Waals surface area contributed by atoms with E-state index in [0.717, 1.165) is 32.1 Å². The summed E-state index contributed by atoms with van der Waals surface area (Å²) < 4.78 is 32.8. The number of methoxy groups -OCH3 is 1. The van der Waals surface area contributed by atoms with Crippen molar-refractivity contribution in [3.05, 3.63) is 0 Å². The number of carbonyl (C=O) groups is 1. The normalized spacial score (nSPS) is 20.8. The molecule has 1 atom stereocenters. The van der Waals surface area contributed by atoms with E-state index in [1.165, 1.54) is 11.4 Å². The van der Waals surface area contributed by atoms with Gasteiger partial charge in [0.2, 0.25) is 0 Å². The maximum Gasteiger partial charge on any atom is 0.305 e. The van der Waals surface area contributed by atoms with E-state index in [1.54, 1.807) is 0 Å². The third kappa shape index (κ3) is 6.19. The Hall–Kier alpha value is -0.660. The second-order valence-electron chi connectivity index (χ2n) is 5.39. The van der Waals surface area contributed by atoms with Gasteiger partial charge in [-0.1, -0.05) is 13.3 Å². The molecule has 0 aliphatic carbocycles. The molecule has 1 aliphatic heterocycles. The molecule has 1 N–H and O–H groups in total. The van der Waals surface area contributed by atoms with E-state index in [4.69, 9.17) is 0 Å². The molecule has 1 heterocycles. The van der Waals surface area contributed by atoms with Crippen LogP contribution >= 0.6 is 0 Å². The van der Waals surface area contributed by atoms with Crippen molar-refractivity contribution in [1.82, 2.24) is 9.03 Å². The van der Waals surface area contributed by atoms with E-state index in [-0.39, 0.29) is 5.97 Å². The van der Waals surface area contributed by atoms with Crippen LogP contribution in [0.5, 0.6) is 0 Å². The molecular formula is C13H26N2O4S. The van der Waals surface area contributed by atoms with Crippen LogP contribution in [0.4, 0.5) is 0 Å². The van der Waals surface area contributed by atoms with E-state index >= 15 is 0 Å². The highest BCUT2D eigenvalue weighted by atomic mass is 32.2. The number of ether oxygens (including phenoxy) is 1. The number of piperidine rings is 1. The zero-order valence-electron chi connectivity index (χ0n) is 12.4. The molecular weight excluding hydrogens is 280 g/mol. The summed E-state index contributed by atoms with van der Waals surface area (Å²) in [6, 6.07) is 0. The van der Waals surface area contributed by atoms with E-state index in [1.807, 2.05) is 0 Å². The van der Waals surface area contributed by atoms with Crippen molar-refractivity contribution in [2.24, 2.45) is 5.92 Å². The molecule has 0 bridgehead atoms. The van der Waals surface area contributed by atoms with Crippen LogP contribution in [0.3, 0.4) is 0 Å². The molecule has 1 rings (SSSR count). The van der Waals surface area contributed by atoms with Crippen molar-refractivity contribution in [2.75, 3.05) is 26.7 Å². The van der Waals surface area contributed by atoms with Gasteiger partial charge in [0.05, 0.1) is 7.11 Å². The van der Waals surface area contributed by atoms with Crippen LogP contribution in [0.1, 0.15) is 45.4 Å². The number of rotatable bonds is 8. The first-order valence-corrected chi connectivity index (χ1v) is 8.71. The van der Waals surface area contributed by atoms with Gasteiger partial charge >= 0.3 is 5.97 Å². The summed E-state index contributed by atoms with van der Waals surface area (Å²) in [6.07, 6.45) is 4.70. The molecule has 0 aromatic rings. The van der Waals surface area contributed by atoms with Gasteiger partial charge in [0.15, 0.2) is 0 Å². The second-order valence-corrected chi connectivity index (χ2v) is 7.15. The van der Waals surface area contributed by atoms with Crippen molar-refractivity contribution in [3.8, 4) is 0 Å². The average molecular weight is 306 g/mol. The smallest absolute Gasteiger partial charge is 0.305 e. The summed E-state index contributed by atoms with van der Waals surface area (Å²) >= 11 is 0. The van der Waals surface area contributed by atoms with E-state index in [2.05, 4.69) is 16.4 Å². The van der Waals surface area contributed by atoms with Crippen molar-refractivity contribution < 1.29 is 17.9 Å². The largest absolute Gasteiger partial charge is 0.469 e. The fourth-order valence-electron chi connectivity index (χ4n) is 2.33. The maximum atomic E-state index is 12.1. The van der Waals surface area contributed by atoms with Gasteiger partial charge in [0.1, 0.15) is 0 Å². The summed E-state index contributed by atoms with van der Waals surface area (Å²) in [5, 5.41) is 0. The van der Waals surface area contributed by atoms with Crippen molar-refractivity contribution >= 4 is 16.2 Å². The predicted octanol–water partition coefficient (Wildman–Crippen LogP) is 1.29. The number of hydrogen-bond donors (Lipinski definition) is 1. The maximum absolute atomic E-state index is 12.1. The lowest BCUT2D eigenvalue weighted by Crippen LogP contribution is -2.45. The van der Waals surface area contributed by atoms with Gasteiger partial charge in [-0.05, 0) is 31.6 Å². The summed E-state index contributed by atoms with van der Waals surface area (Å²) in [7, 11) is -1.96. The number of hydrogen-bond acceptors (Lipinski definition) is 4. The molecule has 1 aliphatic rings. The van der Waals surface area contributed by atoms with Crippen molar-refractivity contribution in [2.45, 2.75) is 45.4 Å². The quantitative estimate of drug-likeness (QED) is 0.541. The van der Waals surface area contributed by atoms with Crippen LogP contribution in [0.15, 0.2) is 0 Å². The SMILES string of the molecule is COC(=O)CCCCCNS(=O)(=O)N1CCCC(C)C1. The fraction of sp³-hybridized carbons (Fsp3) is 0.923. The Morgan fingerprint density at radius 3 is 2.75 bits per heavy atom. The monoisotopic (exact) mass is 306 g/mol. The van der Waals surface area contributed by atoms with Gasteiger partial charge in [-0.3, -0.25) is 4.79 Å². The first-order chi connectivity index (χ1) is 9.45. The van der Waals surface area contributed by atoms with E-state index in [0.29, 0.717) is 32.0 Å². The van der Waals surface area contributed by atoms with Crippen LogP contribution in [0.2, 0.25) is 0 Å². The summed E-state index contributed by atoms with van der Waals surface area (Å²) in [5.74, 6) is 0.216. The second kappa shape index (κ2) is 8.59. The predicted molar refractivity (Wildman–Crippen MR) is 77.4 cm³/mol. The van der Waals surface area contributed by atoms with Gasteiger partial charge in [-0.25, -0.2) is 4.72 Å². The third-order valence-electron chi connectivity index (χ3n) is 3.53. The van der Waals surface area contributed by atoms with Gasteiger partial charge in [-0.15, -0.1) is 0 Å². The molecule has 0 amide bonds. The van der Waals surface area contributed by atoms with Crippen LogP contribution in [-0.2, 0) is 19.7 Å². The topological polar surface area (TPSA) is 75.7 Å². The lowest BCUT2D eigenvalue weighted by molar-refractivity contribution is -0.140. The highest BCUT2D eigenvalue weighted by Crippen LogP contribution is 2.17. The molecule has 7 heteroatoms. The lowest BCUT2D eigenvalue weighted by atomic mass is 10.0. The summed E-state index contributed by atoms with van der Waals surface area (Å²) in [4.78, 5) is 10.9. The number of nitrogens with zero attached hydrogens (tertiary/aromatic N) is 1. The number of nitrogens with one attached hydrogen (secondary N) is 1. The zero-order chi connectivity index (χ0) is 15.0. The Morgan fingerprint density at radius 1 is 1.35 bits per heavy atom. The zero-order valence-corrected chi connectivity index (χ0v) is 13.2. The van der Waals surface area contributed by atoms with Crippen LogP contribution in [-0.4, -0.2) is 45.4 Å². The summed E-state index contributed by atoms with van der Waals surface area (Å²) in [6.45, 7) is 3.72. The molecule has 118 valence electrons. The van der Waals surface area contributed by atoms with Crippen molar-refractivity contribution in [1.29, 1.82) is 0 Å². The Kier molecular flexibility index (Phi) is 7.47. The van der Waals surface area contributed by atoms with Gasteiger partial charge in [0, 0.05) is 26.1 Å². The fourth-order valence-corrected chi connectivity index (χ4v) is 3.74. The molecule has 0 saturated carbocycles. The molecule has 0 aromatic heterocycles. The third-order valence-corrected chi connectivity index (χ3v) is 5.11. The lowest BCUT2D eigenvalue weighted by Gasteiger charge is -2.29. The molecule has 1 saturated heterocycles. The first-order valence-electron chi connectivity index (χ1n) is 7.27. The Balaban J connectivity index is 2.18. The Labute approximate surface area is 122 Å². The molecule has 0 radical (unpaired) electrons. The van der Waals surface area contributed by atoms with Gasteiger partial charge in [-0.2, -0.15) is 12.7 Å². The minimum atomic E-state index is -3.33. The Morgan fingerprint density at radius 2 is 2.10 bits per heavy atom. The first kappa shape index (κ1) is 17.4. The molecule has 0 spiro atoms. The average Bonchev–Trinajstić information content (AvgIpc) is 2.42. The highest BCUT2D eigenvalue weighted by Gasteiger charge is 2.26. The van der Waals surface area contributed by atoms with Crippen LogP contribution < -0.4 is 4.72 Å². The minimum Gasteiger partial charge on any atom is -0.469 e.